The molecular weight excluding hydrogens is 601 g/mol. The Morgan fingerprint density at radius 3 is 1.67 bits per heavy atom. The van der Waals surface area contributed by atoms with Gasteiger partial charge in [-0.1, -0.05) is 133 Å². The quantitative estimate of drug-likeness (QED) is 0.177. The van der Waals surface area contributed by atoms with Crippen molar-refractivity contribution in [2.24, 2.45) is 0 Å². The molecule has 0 saturated carbocycles. The highest BCUT2D eigenvalue weighted by Crippen LogP contribution is 2.51. The van der Waals surface area contributed by atoms with Gasteiger partial charge in [-0.3, -0.25) is 0 Å². The zero-order valence-corrected chi connectivity index (χ0v) is 26.6. The average Bonchev–Trinajstić information content (AvgIpc) is 3.49. The first-order valence-electron chi connectivity index (χ1n) is 16.4. The minimum atomic E-state index is 0.915. The first kappa shape index (κ1) is 26.3. The fraction of sp³-hybridized carbons (Fsp3) is 0. The third-order valence-corrected chi connectivity index (χ3v) is 11.3. The lowest BCUT2D eigenvalue weighted by atomic mass is 9.85. The smallest absolute Gasteiger partial charge is 0.136 e. The molecule has 9 aromatic carbocycles. The van der Waals surface area contributed by atoms with E-state index in [4.69, 9.17) is 4.42 Å². The molecule has 11 rings (SSSR count). The Kier molecular flexibility index (Phi) is 5.38. The van der Waals surface area contributed by atoms with Crippen LogP contribution in [0.5, 0.6) is 0 Å². The standard InChI is InChI=1S/C46H26OS/c1-2-10-29-25-41-39(23-28(29)9-1)38-24-30(20-22-40(38)47-41)44-34-13-3-5-15-36(34)45(37-16-6-4-14-35(37)44)31-19-21-32-33-17-7-11-27-12-8-18-42(46(27)33)48-43(32)26-31/h1-26H. The van der Waals surface area contributed by atoms with Crippen LogP contribution in [-0.4, -0.2) is 0 Å². The number of hydrogen-bond donors (Lipinski definition) is 0. The van der Waals surface area contributed by atoms with Crippen molar-refractivity contribution in [2.75, 3.05) is 0 Å². The first-order valence-corrected chi connectivity index (χ1v) is 17.2. The summed E-state index contributed by atoms with van der Waals surface area (Å²) in [5.74, 6) is 0. The molecular formula is C46H26OS. The third-order valence-electron chi connectivity index (χ3n) is 10.2. The summed E-state index contributed by atoms with van der Waals surface area (Å²) in [6.07, 6.45) is 0. The van der Waals surface area contributed by atoms with Crippen molar-refractivity contribution in [1.82, 2.24) is 0 Å². The summed E-state index contributed by atoms with van der Waals surface area (Å²) in [6.45, 7) is 0. The van der Waals surface area contributed by atoms with Crippen molar-refractivity contribution in [3.63, 3.8) is 0 Å². The minimum Gasteiger partial charge on any atom is -0.456 e. The number of furan rings is 1. The van der Waals surface area contributed by atoms with Gasteiger partial charge in [0, 0.05) is 25.9 Å². The second-order valence-electron chi connectivity index (χ2n) is 12.8. The third kappa shape index (κ3) is 3.69. The van der Waals surface area contributed by atoms with Crippen molar-refractivity contribution in [2.45, 2.75) is 9.79 Å². The Labute approximate surface area is 281 Å². The van der Waals surface area contributed by atoms with Crippen LogP contribution in [0.15, 0.2) is 172 Å². The van der Waals surface area contributed by atoms with E-state index in [1.807, 2.05) is 11.8 Å². The predicted octanol–water partition coefficient (Wildman–Crippen LogP) is 13.7. The molecule has 0 saturated heterocycles. The summed E-state index contributed by atoms with van der Waals surface area (Å²) in [6, 6.07) is 57.9. The van der Waals surface area contributed by atoms with Crippen LogP contribution < -0.4 is 0 Å². The van der Waals surface area contributed by atoms with Crippen LogP contribution in [0.3, 0.4) is 0 Å². The van der Waals surface area contributed by atoms with E-state index in [2.05, 4.69) is 158 Å². The van der Waals surface area contributed by atoms with Crippen molar-refractivity contribution in [3.8, 4) is 33.4 Å². The van der Waals surface area contributed by atoms with Gasteiger partial charge in [-0.15, -0.1) is 0 Å². The van der Waals surface area contributed by atoms with E-state index in [9.17, 15) is 0 Å². The molecule has 0 fully saturated rings. The Balaban J connectivity index is 1.16. The van der Waals surface area contributed by atoms with Crippen LogP contribution in [0.2, 0.25) is 0 Å². The van der Waals surface area contributed by atoms with Gasteiger partial charge in [0.05, 0.1) is 0 Å². The highest BCUT2D eigenvalue weighted by Gasteiger charge is 2.22. The molecule has 1 aliphatic rings. The molecule has 0 aliphatic carbocycles. The monoisotopic (exact) mass is 626 g/mol. The molecule has 2 heteroatoms. The fourth-order valence-corrected chi connectivity index (χ4v) is 9.27. The zero-order chi connectivity index (χ0) is 31.3. The maximum Gasteiger partial charge on any atom is 0.136 e. The van der Waals surface area contributed by atoms with Gasteiger partial charge in [0.25, 0.3) is 0 Å². The predicted molar refractivity (Wildman–Crippen MR) is 204 cm³/mol. The second-order valence-corrected chi connectivity index (χ2v) is 13.9. The van der Waals surface area contributed by atoms with Gasteiger partial charge in [-0.2, -0.15) is 0 Å². The lowest BCUT2D eigenvalue weighted by molar-refractivity contribution is 0.669. The summed E-state index contributed by atoms with van der Waals surface area (Å²) in [4.78, 5) is 2.63. The molecule has 10 aromatic rings. The normalized spacial score (nSPS) is 12.5. The van der Waals surface area contributed by atoms with E-state index >= 15 is 0 Å². The number of hydrogen-bond acceptors (Lipinski definition) is 2. The van der Waals surface area contributed by atoms with Crippen molar-refractivity contribution in [3.05, 3.63) is 158 Å². The van der Waals surface area contributed by atoms with Gasteiger partial charge in [0.1, 0.15) is 11.2 Å². The number of fused-ring (bicyclic) bond motifs is 8. The van der Waals surface area contributed by atoms with Gasteiger partial charge in [0.15, 0.2) is 0 Å². The summed E-state index contributed by atoms with van der Waals surface area (Å²) in [5, 5.41) is 12.4. The van der Waals surface area contributed by atoms with Crippen molar-refractivity contribution >= 4 is 76.8 Å². The van der Waals surface area contributed by atoms with Crippen molar-refractivity contribution in [1.29, 1.82) is 0 Å². The second kappa shape index (κ2) is 9.84. The topological polar surface area (TPSA) is 13.1 Å². The van der Waals surface area contributed by atoms with Gasteiger partial charge in [-0.05, 0) is 107 Å². The molecule has 0 bridgehead atoms. The summed E-state index contributed by atoms with van der Waals surface area (Å²) < 4.78 is 6.39. The van der Waals surface area contributed by atoms with Crippen LogP contribution in [0, 0.1) is 0 Å². The average molecular weight is 627 g/mol. The van der Waals surface area contributed by atoms with Crippen LogP contribution in [0.1, 0.15) is 0 Å². The SMILES string of the molecule is c1ccc2cc3c(cc2c1)oc1ccc(-c2c4ccccc4c(-c4ccc5c(c4)Sc4cccc6cccc-5c46)c4ccccc24)cc13. The molecule has 0 N–H and O–H groups in total. The van der Waals surface area contributed by atoms with Gasteiger partial charge >= 0.3 is 0 Å². The Morgan fingerprint density at radius 1 is 0.354 bits per heavy atom. The molecule has 0 spiro atoms. The molecule has 0 amide bonds. The minimum absolute atomic E-state index is 0.915. The Hall–Kier alpha value is -5.83. The van der Waals surface area contributed by atoms with Crippen molar-refractivity contribution < 1.29 is 4.42 Å². The van der Waals surface area contributed by atoms with E-state index < -0.39 is 0 Å². The molecule has 2 heterocycles. The molecule has 1 aliphatic heterocycles. The van der Waals surface area contributed by atoms with Crippen LogP contribution >= 0.6 is 11.8 Å². The van der Waals surface area contributed by atoms with Gasteiger partial charge in [-0.25, -0.2) is 0 Å². The van der Waals surface area contributed by atoms with Crippen LogP contribution in [-0.2, 0) is 0 Å². The molecule has 222 valence electrons. The zero-order valence-electron chi connectivity index (χ0n) is 25.8. The first-order chi connectivity index (χ1) is 23.8. The van der Waals surface area contributed by atoms with Gasteiger partial charge in [0.2, 0.25) is 0 Å². The van der Waals surface area contributed by atoms with E-state index in [1.54, 1.807) is 0 Å². The lowest BCUT2D eigenvalue weighted by Gasteiger charge is -2.22. The molecule has 1 aromatic heterocycles. The number of benzene rings is 9. The molecule has 48 heavy (non-hydrogen) atoms. The van der Waals surface area contributed by atoms with Crippen LogP contribution in [0.4, 0.5) is 0 Å². The van der Waals surface area contributed by atoms with E-state index in [0.29, 0.717) is 0 Å². The summed E-state index contributed by atoms with van der Waals surface area (Å²) >= 11 is 1.89. The number of rotatable bonds is 2. The highest BCUT2D eigenvalue weighted by molar-refractivity contribution is 7.99. The summed E-state index contributed by atoms with van der Waals surface area (Å²) in [7, 11) is 0. The fourth-order valence-electron chi connectivity index (χ4n) is 8.09. The highest BCUT2D eigenvalue weighted by atomic mass is 32.2. The van der Waals surface area contributed by atoms with E-state index in [1.165, 1.54) is 86.3 Å². The van der Waals surface area contributed by atoms with Gasteiger partial charge < -0.3 is 4.42 Å². The molecule has 1 nitrogen and oxygen atoms in total. The molecule has 0 atom stereocenters. The maximum absolute atomic E-state index is 6.39. The van der Waals surface area contributed by atoms with Crippen LogP contribution in [0.25, 0.3) is 98.4 Å². The maximum atomic E-state index is 6.39. The van der Waals surface area contributed by atoms with E-state index in [-0.39, 0.29) is 0 Å². The Morgan fingerprint density at radius 2 is 0.938 bits per heavy atom. The molecule has 0 radical (unpaired) electrons. The lowest BCUT2D eigenvalue weighted by Crippen LogP contribution is -1.94. The summed E-state index contributed by atoms with van der Waals surface area (Å²) in [5.41, 5.74) is 9.46. The molecule has 0 unspecified atom stereocenters. The van der Waals surface area contributed by atoms with E-state index in [0.717, 1.165) is 21.9 Å². The Bertz CT molecular complexity index is 2920. The largest absolute Gasteiger partial charge is 0.456 e.